The molecule has 2 fully saturated rings. The Morgan fingerprint density at radius 1 is 1.11 bits per heavy atom. The Morgan fingerprint density at radius 2 is 1.89 bits per heavy atom. The molecule has 2 aliphatic heterocycles. The highest BCUT2D eigenvalue weighted by atomic mass is 15.2. The van der Waals surface area contributed by atoms with E-state index in [1.807, 2.05) is 6.20 Å². The predicted molar refractivity (Wildman–Crippen MR) is 74.9 cm³/mol. The number of hydrogen-bond donors (Lipinski definition) is 0. The van der Waals surface area contributed by atoms with Crippen LogP contribution in [0.15, 0.2) is 18.3 Å². The summed E-state index contributed by atoms with van der Waals surface area (Å²) in [4.78, 5) is 9.64. The van der Waals surface area contributed by atoms with Gasteiger partial charge in [0.1, 0.15) is 5.82 Å². The molecule has 98 valence electrons. The number of hydrogen-bond acceptors (Lipinski definition) is 3. The van der Waals surface area contributed by atoms with E-state index in [0.717, 1.165) is 0 Å². The number of anilines is 1. The van der Waals surface area contributed by atoms with E-state index in [9.17, 15) is 0 Å². The molecule has 0 saturated carbocycles. The summed E-state index contributed by atoms with van der Waals surface area (Å²) in [7, 11) is 2.25. The van der Waals surface area contributed by atoms with Crippen LogP contribution in [0, 0.1) is 0 Å². The fraction of sp³-hybridized carbons (Fsp3) is 0.667. The third-order valence-corrected chi connectivity index (χ3v) is 4.35. The van der Waals surface area contributed by atoms with Gasteiger partial charge in [-0.05, 0) is 45.3 Å². The van der Waals surface area contributed by atoms with Crippen molar-refractivity contribution >= 4 is 5.82 Å². The highest BCUT2D eigenvalue weighted by Gasteiger charge is 2.26. The van der Waals surface area contributed by atoms with Gasteiger partial charge in [0.2, 0.25) is 0 Å². The summed E-state index contributed by atoms with van der Waals surface area (Å²) in [6.45, 7) is 3.58. The molecule has 3 nitrogen and oxygen atoms in total. The van der Waals surface area contributed by atoms with Crippen molar-refractivity contribution in [2.24, 2.45) is 0 Å². The fourth-order valence-corrected chi connectivity index (χ4v) is 3.33. The maximum Gasteiger partial charge on any atom is 0.133 e. The molecule has 0 aliphatic carbocycles. The lowest BCUT2D eigenvalue weighted by atomic mass is 9.96. The Balaban J connectivity index is 1.90. The second kappa shape index (κ2) is 5.27. The van der Waals surface area contributed by atoms with Crippen LogP contribution >= 0.6 is 0 Å². The van der Waals surface area contributed by atoms with Gasteiger partial charge in [-0.1, -0.05) is 12.5 Å². The van der Waals surface area contributed by atoms with Gasteiger partial charge in [-0.3, -0.25) is 4.90 Å². The van der Waals surface area contributed by atoms with E-state index < -0.39 is 0 Å². The van der Waals surface area contributed by atoms with E-state index in [1.165, 1.54) is 63.1 Å². The Labute approximate surface area is 110 Å². The minimum absolute atomic E-state index is 0.572. The van der Waals surface area contributed by atoms with Crippen molar-refractivity contribution < 1.29 is 0 Å². The average molecular weight is 245 g/mol. The minimum atomic E-state index is 0.572. The molecule has 0 N–H and O–H groups in total. The fourth-order valence-electron chi connectivity index (χ4n) is 3.33. The van der Waals surface area contributed by atoms with Crippen LogP contribution in [0.1, 0.15) is 43.7 Å². The molecule has 3 rings (SSSR count). The molecule has 1 aromatic rings. The monoisotopic (exact) mass is 245 g/mol. The standard InChI is InChI=1S/C15H23N3/c1-17-10-3-2-8-14(17)13-7-6-9-16-15(13)18-11-4-5-12-18/h6-7,9,14H,2-5,8,10-12H2,1H3. The van der Waals surface area contributed by atoms with Gasteiger partial charge >= 0.3 is 0 Å². The van der Waals surface area contributed by atoms with Gasteiger partial charge in [-0.25, -0.2) is 4.98 Å². The normalized spacial score (nSPS) is 25.6. The Hall–Kier alpha value is -1.09. The molecule has 18 heavy (non-hydrogen) atoms. The lowest BCUT2D eigenvalue weighted by molar-refractivity contribution is 0.187. The molecule has 0 bridgehead atoms. The van der Waals surface area contributed by atoms with E-state index in [-0.39, 0.29) is 0 Å². The molecule has 1 aromatic heterocycles. The molecule has 2 aliphatic rings. The highest BCUT2D eigenvalue weighted by molar-refractivity contribution is 5.49. The Bertz CT molecular complexity index is 398. The molecule has 1 atom stereocenters. The van der Waals surface area contributed by atoms with E-state index in [4.69, 9.17) is 0 Å². The molecule has 0 spiro atoms. The van der Waals surface area contributed by atoms with Gasteiger partial charge in [0.05, 0.1) is 0 Å². The van der Waals surface area contributed by atoms with Crippen molar-refractivity contribution in [3.63, 3.8) is 0 Å². The van der Waals surface area contributed by atoms with Crippen LogP contribution in [0.3, 0.4) is 0 Å². The molecule has 0 radical (unpaired) electrons. The van der Waals surface area contributed by atoms with Crippen LogP contribution in [0.4, 0.5) is 5.82 Å². The zero-order valence-electron chi connectivity index (χ0n) is 11.3. The molecule has 0 aromatic carbocycles. The van der Waals surface area contributed by atoms with E-state index in [1.54, 1.807) is 0 Å². The first-order chi connectivity index (χ1) is 8.86. The summed E-state index contributed by atoms with van der Waals surface area (Å²) in [6.07, 6.45) is 8.55. The van der Waals surface area contributed by atoms with Gasteiger partial charge in [0, 0.05) is 30.9 Å². The van der Waals surface area contributed by atoms with Crippen LogP contribution < -0.4 is 4.90 Å². The molecule has 1 unspecified atom stereocenters. The van der Waals surface area contributed by atoms with Crippen LogP contribution in [0.2, 0.25) is 0 Å². The maximum absolute atomic E-state index is 4.67. The molecular formula is C15H23N3. The van der Waals surface area contributed by atoms with Gasteiger partial charge in [0.25, 0.3) is 0 Å². The van der Waals surface area contributed by atoms with Gasteiger partial charge < -0.3 is 4.90 Å². The van der Waals surface area contributed by atoms with Crippen molar-refractivity contribution in [2.75, 3.05) is 31.6 Å². The number of nitrogens with zero attached hydrogens (tertiary/aromatic N) is 3. The third-order valence-electron chi connectivity index (χ3n) is 4.35. The molecule has 0 amide bonds. The van der Waals surface area contributed by atoms with Crippen molar-refractivity contribution in [1.29, 1.82) is 0 Å². The van der Waals surface area contributed by atoms with Crippen LogP contribution in [-0.4, -0.2) is 36.6 Å². The number of pyridine rings is 1. The maximum atomic E-state index is 4.67. The zero-order chi connectivity index (χ0) is 12.4. The first kappa shape index (κ1) is 12.0. The second-order valence-corrected chi connectivity index (χ2v) is 5.60. The van der Waals surface area contributed by atoms with Crippen molar-refractivity contribution in [3.05, 3.63) is 23.9 Å². The number of likely N-dealkylation sites (tertiary alicyclic amines) is 1. The zero-order valence-corrected chi connectivity index (χ0v) is 11.3. The summed E-state index contributed by atoms with van der Waals surface area (Å²) < 4.78 is 0. The molecule has 2 saturated heterocycles. The second-order valence-electron chi connectivity index (χ2n) is 5.60. The summed E-state index contributed by atoms with van der Waals surface area (Å²) in [5.74, 6) is 1.24. The Kier molecular flexibility index (Phi) is 3.50. The average Bonchev–Trinajstić information content (AvgIpc) is 2.93. The third kappa shape index (κ3) is 2.24. The van der Waals surface area contributed by atoms with Crippen molar-refractivity contribution in [3.8, 4) is 0 Å². The van der Waals surface area contributed by atoms with Crippen LogP contribution in [0.5, 0.6) is 0 Å². The topological polar surface area (TPSA) is 19.4 Å². The molecule has 3 heterocycles. The summed E-state index contributed by atoms with van der Waals surface area (Å²) in [5, 5.41) is 0. The van der Waals surface area contributed by atoms with E-state index in [2.05, 4.69) is 34.0 Å². The number of rotatable bonds is 2. The lowest BCUT2D eigenvalue weighted by Gasteiger charge is -2.34. The highest BCUT2D eigenvalue weighted by Crippen LogP contribution is 2.35. The van der Waals surface area contributed by atoms with E-state index >= 15 is 0 Å². The minimum Gasteiger partial charge on any atom is -0.356 e. The molecule has 3 heteroatoms. The smallest absolute Gasteiger partial charge is 0.133 e. The first-order valence-electron chi connectivity index (χ1n) is 7.26. The summed E-state index contributed by atoms with van der Waals surface area (Å²) in [6, 6.07) is 4.95. The van der Waals surface area contributed by atoms with Crippen LogP contribution in [0.25, 0.3) is 0 Å². The van der Waals surface area contributed by atoms with Crippen molar-refractivity contribution in [2.45, 2.75) is 38.1 Å². The lowest BCUT2D eigenvalue weighted by Crippen LogP contribution is -2.31. The number of piperidine rings is 1. The molecular weight excluding hydrogens is 222 g/mol. The Morgan fingerprint density at radius 3 is 2.67 bits per heavy atom. The van der Waals surface area contributed by atoms with Crippen molar-refractivity contribution in [1.82, 2.24) is 9.88 Å². The summed E-state index contributed by atoms with van der Waals surface area (Å²) in [5.41, 5.74) is 1.45. The summed E-state index contributed by atoms with van der Waals surface area (Å²) >= 11 is 0. The largest absolute Gasteiger partial charge is 0.356 e. The number of aromatic nitrogens is 1. The van der Waals surface area contributed by atoms with Gasteiger partial charge in [0.15, 0.2) is 0 Å². The van der Waals surface area contributed by atoms with Crippen LogP contribution in [-0.2, 0) is 0 Å². The van der Waals surface area contributed by atoms with Gasteiger partial charge in [-0.2, -0.15) is 0 Å². The SMILES string of the molecule is CN1CCCCC1c1cccnc1N1CCCC1. The van der Waals surface area contributed by atoms with Gasteiger partial charge in [-0.15, -0.1) is 0 Å². The van der Waals surface area contributed by atoms with E-state index in [0.29, 0.717) is 6.04 Å². The first-order valence-corrected chi connectivity index (χ1v) is 7.26. The predicted octanol–water partition coefficient (Wildman–Crippen LogP) is 2.84. The quantitative estimate of drug-likeness (QED) is 0.798.